The van der Waals surface area contributed by atoms with E-state index >= 15 is 0 Å². The van der Waals surface area contributed by atoms with Crippen LogP contribution in [0.3, 0.4) is 0 Å². The van der Waals surface area contributed by atoms with E-state index in [9.17, 15) is 14.4 Å². The summed E-state index contributed by atoms with van der Waals surface area (Å²) in [5, 5.41) is 2.75. The van der Waals surface area contributed by atoms with Gasteiger partial charge in [-0.25, -0.2) is 4.99 Å². The molecule has 2 aliphatic heterocycles. The smallest absolute Gasteiger partial charge is 0.272 e. The van der Waals surface area contributed by atoms with Crippen LogP contribution in [0.5, 0.6) is 0 Å². The van der Waals surface area contributed by atoms with Gasteiger partial charge in [-0.2, -0.15) is 0 Å². The third-order valence-electron chi connectivity index (χ3n) is 5.62. The van der Waals surface area contributed by atoms with Gasteiger partial charge >= 0.3 is 0 Å². The molecule has 32 heavy (non-hydrogen) atoms. The fourth-order valence-electron chi connectivity index (χ4n) is 4.12. The monoisotopic (exact) mass is 425 g/mol. The van der Waals surface area contributed by atoms with Crippen LogP contribution in [0.4, 0.5) is 5.69 Å². The molecule has 3 heterocycles. The number of nitrogens with one attached hydrogen (secondary N) is 1. The molecule has 2 aromatic carbocycles. The van der Waals surface area contributed by atoms with Gasteiger partial charge in [-0.3, -0.25) is 19.4 Å². The summed E-state index contributed by atoms with van der Waals surface area (Å²) in [6.07, 6.45) is 2.48. The highest BCUT2D eigenvalue weighted by Gasteiger charge is 2.37. The van der Waals surface area contributed by atoms with Gasteiger partial charge in [0.2, 0.25) is 12.1 Å². The fraction of sp³-hybridized carbons (Fsp3) is 0.125. The molecule has 0 aliphatic carbocycles. The van der Waals surface area contributed by atoms with E-state index in [0.717, 1.165) is 11.1 Å². The van der Waals surface area contributed by atoms with E-state index in [2.05, 4.69) is 15.3 Å². The number of carbonyl (C=O) groups is 3. The molecule has 1 atom stereocenters. The van der Waals surface area contributed by atoms with Crippen molar-refractivity contribution in [3.05, 3.63) is 94.8 Å². The number of hydrogen-bond acceptors (Lipinski definition) is 5. The predicted molar refractivity (Wildman–Crippen MR) is 119 cm³/mol. The van der Waals surface area contributed by atoms with Crippen LogP contribution in [0.15, 0.2) is 72.0 Å². The van der Waals surface area contributed by atoms with Crippen molar-refractivity contribution in [2.24, 2.45) is 10.7 Å². The Labute approximate surface area is 183 Å². The Hall–Kier alpha value is -4.33. The lowest BCUT2D eigenvalue weighted by Gasteiger charge is -2.21. The molecule has 0 saturated carbocycles. The summed E-state index contributed by atoms with van der Waals surface area (Å²) >= 11 is 0. The van der Waals surface area contributed by atoms with E-state index in [1.807, 2.05) is 30.3 Å². The summed E-state index contributed by atoms with van der Waals surface area (Å²) in [4.78, 5) is 48.4. The molecule has 0 spiro atoms. The molecule has 1 unspecified atom stereocenters. The van der Waals surface area contributed by atoms with Crippen molar-refractivity contribution in [1.29, 1.82) is 0 Å². The largest absolute Gasteiger partial charge is 0.366 e. The molecule has 0 saturated heterocycles. The van der Waals surface area contributed by atoms with Gasteiger partial charge in [-0.1, -0.05) is 30.3 Å². The van der Waals surface area contributed by atoms with Gasteiger partial charge in [0.1, 0.15) is 0 Å². The van der Waals surface area contributed by atoms with Gasteiger partial charge in [0.15, 0.2) is 0 Å². The molecule has 3 aromatic rings. The molecule has 0 bridgehead atoms. The fourth-order valence-corrected chi connectivity index (χ4v) is 4.12. The van der Waals surface area contributed by atoms with Crippen LogP contribution in [-0.2, 0) is 11.2 Å². The van der Waals surface area contributed by atoms with E-state index in [-0.39, 0.29) is 5.91 Å². The Kier molecular flexibility index (Phi) is 4.74. The van der Waals surface area contributed by atoms with Crippen LogP contribution in [0.25, 0.3) is 0 Å². The van der Waals surface area contributed by atoms with Crippen molar-refractivity contribution in [3.8, 4) is 0 Å². The molecule has 0 radical (unpaired) electrons. The normalized spacial score (nSPS) is 16.8. The maximum atomic E-state index is 13.4. The first kappa shape index (κ1) is 19.6. The lowest BCUT2D eigenvalue weighted by atomic mass is 9.95. The summed E-state index contributed by atoms with van der Waals surface area (Å²) in [6, 6.07) is 15.9. The number of amides is 3. The van der Waals surface area contributed by atoms with E-state index in [0.29, 0.717) is 41.1 Å². The van der Waals surface area contributed by atoms with Crippen LogP contribution in [0.1, 0.15) is 37.4 Å². The van der Waals surface area contributed by atoms with Crippen molar-refractivity contribution in [1.82, 2.24) is 10.3 Å². The van der Waals surface area contributed by atoms with E-state index in [1.54, 1.807) is 29.2 Å². The Morgan fingerprint density at radius 1 is 1.03 bits per heavy atom. The average Bonchev–Trinajstić information content (AvgIpc) is 3.21. The number of carbonyl (C=O) groups excluding carboxylic acids is 3. The quantitative estimate of drug-likeness (QED) is 0.661. The van der Waals surface area contributed by atoms with Gasteiger partial charge in [0, 0.05) is 41.2 Å². The first-order valence-electron chi connectivity index (χ1n) is 10.2. The Morgan fingerprint density at radius 2 is 1.78 bits per heavy atom. The van der Waals surface area contributed by atoms with Crippen molar-refractivity contribution in [2.75, 3.05) is 11.4 Å². The van der Waals surface area contributed by atoms with Crippen molar-refractivity contribution in [2.45, 2.75) is 12.6 Å². The number of aromatic nitrogens is 1. The highest BCUT2D eigenvalue weighted by atomic mass is 16.2. The molecule has 3 N–H and O–H groups in total. The minimum atomic E-state index is -1.12. The number of anilines is 1. The highest BCUT2D eigenvalue weighted by Crippen LogP contribution is 2.37. The Bertz CT molecular complexity index is 1270. The lowest BCUT2D eigenvalue weighted by Crippen LogP contribution is -2.46. The number of rotatable bonds is 4. The van der Waals surface area contributed by atoms with Crippen molar-refractivity contribution >= 4 is 29.1 Å². The molecule has 158 valence electrons. The van der Waals surface area contributed by atoms with Crippen molar-refractivity contribution < 1.29 is 14.4 Å². The first-order chi connectivity index (χ1) is 15.5. The molecule has 2 aliphatic rings. The maximum absolute atomic E-state index is 13.4. The second-order valence-corrected chi connectivity index (χ2v) is 7.59. The van der Waals surface area contributed by atoms with Crippen molar-refractivity contribution in [3.63, 3.8) is 0 Å². The van der Waals surface area contributed by atoms with Crippen LogP contribution in [-0.4, -0.2) is 41.1 Å². The first-order valence-corrected chi connectivity index (χ1v) is 10.2. The maximum Gasteiger partial charge on any atom is 0.272 e. The number of nitrogens with zero attached hydrogens (tertiary/aromatic N) is 3. The SMILES string of the molecule is NC(=O)c1cc2c3c(c1)C(c1ccccc1)=NC(NC(=O)c1ccncc1)C(=O)N3CC2. The third-order valence-corrected chi connectivity index (χ3v) is 5.62. The van der Waals surface area contributed by atoms with Crippen LogP contribution >= 0.6 is 0 Å². The molecule has 5 rings (SSSR count). The summed E-state index contributed by atoms with van der Waals surface area (Å²) < 4.78 is 0. The number of pyridine rings is 1. The molecular formula is C24H19N5O3. The molecule has 1 aromatic heterocycles. The summed E-state index contributed by atoms with van der Waals surface area (Å²) in [5.74, 6) is -1.30. The number of primary amides is 1. The van der Waals surface area contributed by atoms with Gasteiger partial charge < -0.3 is 16.0 Å². The summed E-state index contributed by atoms with van der Waals surface area (Å²) in [7, 11) is 0. The van der Waals surface area contributed by atoms with E-state index < -0.39 is 18.0 Å². The van der Waals surface area contributed by atoms with Gasteiger partial charge in [0.05, 0.1) is 11.4 Å². The number of hydrogen-bond donors (Lipinski definition) is 2. The van der Waals surface area contributed by atoms with E-state index in [4.69, 9.17) is 5.73 Å². The van der Waals surface area contributed by atoms with Gasteiger partial charge in [-0.05, 0) is 36.2 Å². The zero-order valence-corrected chi connectivity index (χ0v) is 17.0. The Balaban J connectivity index is 1.66. The van der Waals surface area contributed by atoms with Crippen LogP contribution in [0, 0.1) is 0 Å². The third kappa shape index (κ3) is 3.31. The highest BCUT2D eigenvalue weighted by molar-refractivity contribution is 6.22. The Morgan fingerprint density at radius 3 is 2.50 bits per heavy atom. The number of aliphatic imine (C=N–C) groups is 1. The second kappa shape index (κ2) is 7.73. The minimum absolute atomic E-state index is 0.329. The average molecular weight is 425 g/mol. The minimum Gasteiger partial charge on any atom is -0.366 e. The molecule has 3 amide bonds. The molecular weight excluding hydrogens is 406 g/mol. The second-order valence-electron chi connectivity index (χ2n) is 7.59. The topological polar surface area (TPSA) is 118 Å². The molecule has 0 fully saturated rings. The van der Waals surface area contributed by atoms with Gasteiger partial charge in [0.25, 0.3) is 11.8 Å². The molecule has 8 heteroatoms. The van der Waals surface area contributed by atoms with Crippen LogP contribution < -0.4 is 16.0 Å². The number of nitrogens with two attached hydrogens (primary N) is 1. The lowest BCUT2D eigenvalue weighted by molar-refractivity contribution is -0.120. The standard InChI is InChI=1S/C24H19N5O3/c25-21(30)17-12-16-8-11-29-20(16)18(13-17)19(14-4-2-1-3-5-14)27-22(24(29)32)28-23(31)15-6-9-26-10-7-15/h1-7,9-10,12-13,22H,8,11H2,(H2,25,30)(H,28,31). The molecule has 8 nitrogen and oxygen atoms in total. The zero-order chi connectivity index (χ0) is 22.2. The predicted octanol–water partition coefficient (Wildman–Crippen LogP) is 1.68. The summed E-state index contributed by atoms with van der Waals surface area (Å²) in [6.45, 7) is 0.433. The van der Waals surface area contributed by atoms with Crippen LogP contribution in [0.2, 0.25) is 0 Å². The van der Waals surface area contributed by atoms with Gasteiger partial charge in [-0.15, -0.1) is 0 Å². The summed E-state index contributed by atoms with van der Waals surface area (Å²) in [5.41, 5.74) is 9.80. The zero-order valence-electron chi connectivity index (χ0n) is 17.0. The number of benzene rings is 2. The van der Waals surface area contributed by atoms with E-state index in [1.165, 1.54) is 12.4 Å².